The van der Waals surface area contributed by atoms with Crippen LogP contribution in [0.25, 0.3) is 0 Å². The summed E-state index contributed by atoms with van der Waals surface area (Å²) in [5, 5.41) is 6.88. The Hall–Kier alpha value is -0.610. The van der Waals surface area contributed by atoms with Gasteiger partial charge in [0.2, 0.25) is 0 Å². The molecule has 2 fully saturated rings. The van der Waals surface area contributed by atoms with Gasteiger partial charge in [0.15, 0.2) is 11.1 Å². The first-order valence-electron chi connectivity index (χ1n) is 10.6. The van der Waals surface area contributed by atoms with Crippen LogP contribution in [-0.4, -0.2) is 79.6 Å². The molecule has 0 aromatic carbocycles. The SMILES string of the molecule is CCNC(=NCCc1csc(N2CCCC2)n1)N1CCN(CC(C)C)CC1.I. The van der Waals surface area contributed by atoms with Crippen molar-refractivity contribution in [1.29, 1.82) is 0 Å². The lowest BCUT2D eigenvalue weighted by Gasteiger charge is -2.37. The maximum Gasteiger partial charge on any atom is 0.194 e. The molecule has 1 N–H and O–H groups in total. The molecule has 160 valence electrons. The van der Waals surface area contributed by atoms with E-state index in [9.17, 15) is 0 Å². The minimum absolute atomic E-state index is 0. The van der Waals surface area contributed by atoms with Gasteiger partial charge in [0.1, 0.15) is 0 Å². The summed E-state index contributed by atoms with van der Waals surface area (Å²) < 4.78 is 0. The van der Waals surface area contributed by atoms with E-state index >= 15 is 0 Å². The number of thiazole rings is 1. The number of halogens is 1. The van der Waals surface area contributed by atoms with Crippen LogP contribution in [-0.2, 0) is 6.42 Å². The second kappa shape index (κ2) is 12.2. The first kappa shape index (κ1) is 23.7. The van der Waals surface area contributed by atoms with Crippen LogP contribution in [0.5, 0.6) is 0 Å². The number of piperazine rings is 1. The van der Waals surface area contributed by atoms with Gasteiger partial charge in [-0.05, 0) is 25.7 Å². The third kappa shape index (κ3) is 7.02. The molecule has 0 aliphatic carbocycles. The van der Waals surface area contributed by atoms with Crippen molar-refractivity contribution in [2.24, 2.45) is 10.9 Å². The molecular weight excluding hydrogens is 483 g/mol. The Kier molecular flexibility index (Phi) is 10.3. The predicted molar refractivity (Wildman–Crippen MR) is 132 cm³/mol. The van der Waals surface area contributed by atoms with Crippen LogP contribution in [0.4, 0.5) is 5.13 Å². The molecule has 0 spiro atoms. The lowest BCUT2D eigenvalue weighted by molar-refractivity contribution is 0.164. The van der Waals surface area contributed by atoms with Gasteiger partial charge in [-0.2, -0.15) is 0 Å². The molecule has 2 aliphatic heterocycles. The van der Waals surface area contributed by atoms with Gasteiger partial charge in [0.05, 0.1) is 5.69 Å². The predicted octanol–water partition coefficient (Wildman–Crippen LogP) is 3.14. The zero-order valence-electron chi connectivity index (χ0n) is 17.7. The lowest BCUT2D eigenvalue weighted by Crippen LogP contribution is -2.53. The van der Waals surface area contributed by atoms with Crippen LogP contribution in [0.3, 0.4) is 0 Å². The van der Waals surface area contributed by atoms with E-state index in [1.54, 1.807) is 11.3 Å². The summed E-state index contributed by atoms with van der Waals surface area (Å²) in [6.45, 7) is 16.4. The smallest absolute Gasteiger partial charge is 0.194 e. The van der Waals surface area contributed by atoms with Gasteiger partial charge < -0.3 is 15.1 Å². The van der Waals surface area contributed by atoms with Gasteiger partial charge in [-0.3, -0.25) is 9.89 Å². The van der Waals surface area contributed by atoms with Gasteiger partial charge in [0, 0.05) is 70.7 Å². The highest BCUT2D eigenvalue weighted by Crippen LogP contribution is 2.24. The molecule has 2 aliphatic rings. The zero-order valence-corrected chi connectivity index (χ0v) is 20.8. The van der Waals surface area contributed by atoms with E-state index in [-0.39, 0.29) is 24.0 Å². The topological polar surface area (TPSA) is 47.0 Å². The Balaban J connectivity index is 0.00000280. The van der Waals surface area contributed by atoms with E-state index in [2.05, 4.69) is 46.2 Å². The van der Waals surface area contributed by atoms with Gasteiger partial charge >= 0.3 is 0 Å². The third-order valence-electron chi connectivity index (χ3n) is 5.18. The number of aromatic nitrogens is 1. The average molecular weight is 521 g/mol. The summed E-state index contributed by atoms with van der Waals surface area (Å²) in [6.07, 6.45) is 3.53. The first-order valence-corrected chi connectivity index (χ1v) is 11.5. The Morgan fingerprint density at radius 1 is 1.18 bits per heavy atom. The van der Waals surface area contributed by atoms with Crippen LogP contribution in [0.15, 0.2) is 10.4 Å². The molecule has 3 rings (SSSR count). The normalized spacial score (nSPS) is 18.6. The number of aliphatic imine (C=N–C) groups is 1. The summed E-state index contributed by atoms with van der Waals surface area (Å²) in [4.78, 5) is 17.1. The van der Waals surface area contributed by atoms with E-state index in [4.69, 9.17) is 9.98 Å². The lowest BCUT2D eigenvalue weighted by atomic mass is 10.2. The standard InChI is InChI=1S/C20H36N6S.HI/c1-4-21-19(25-13-11-24(12-14-25)15-17(2)3)22-8-7-18-16-27-20(23-18)26-9-5-6-10-26;/h16-17H,4-15H2,1-3H3,(H,21,22);1H. The highest BCUT2D eigenvalue weighted by atomic mass is 127. The number of rotatable bonds is 7. The number of nitrogens with one attached hydrogen (secondary N) is 1. The van der Waals surface area contributed by atoms with Gasteiger partial charge in [-0.1, -0.05) is 13.8 Å². The zero-order chi connectivity index (χ0) is 19.1. The number of nitrogens with zero attached hydrogens (tertiary/aromatic N) is 5. The van der Waals surface area contributed by atoms with Crippen molar-refractivity contribution in [2.45, 2.75) is 40.0 Å². The van der Waals surface area contributed by atoms with Gasteiger partial charge in [0.25, 0.3) is 0 Å². The molecule has 0 atom stereocenters. The summed E-state index contributed by atoms with van der Waals surface area (Å²) >= 11 is 1.78. The molecular formula is C20H37IN6S. The van der Waals surface area contributed by atoms with E-state index in [0.29, 0.717) is 0 Å². The monoisotopic (exact) mass is 520 g/mol. The van der Waals surface area contributed by atoms with Crippen molar-refractivity contribution >= 4 is 46.4 Å². The molecule has 0 unspecified atom stereocenters. The fourth-order valence-electron chi connectivity index (χ4n) is 3.83. The highest BCUT2D eigenvalue weighted by molar-refractivity contribution is 14.0. The summed E-state index contributed by atoms with van der Waals surface area (Å²) in [7, 11) is 0. The molecule has 0 saturated carbocycles. The quantitative estimate of drug-likeness (QED) is 0.340. The van der Waals surface area contributed by atoms with E-state index in [0.717, 1.165) is 57.6 Å². The van der Waals surface area contributed by atoms with Crippen LogP contribution < -0.4 is 10.2 Å². The van der Waals surface area contributed by atoms with Crippen LogP contribution in [0.1, 0.15) is 39.3 Å². The Morgan fingerprint density at radius 2 is 1.89 bits per heavy atom. The number of anilines is 1. The maximum atomic E-state index is 4.89. The van der Waals surface area contributed by atoms with E-state index < -0.39 is 0 Å². The Morgan fingerprint density at radius 3 is 2.54 bits per heavy atom. The van der Waals surface area contributed by atoms with Crippen LogP contribution in [0, 0.1) is 5.92 Å². The van der Waals surface area contributed by atoms with Gasteiger partial charge in [-0.15, -0.1) is 35.3 Å². The summed E-state index contributed by atoms with van der Waals surface area (Å²) in [5.41, 5.74) is 1.18. The van der Waals surface area contributed by atoms with Crippen LogP contribution in [0.2, 0.25) is 0 Å². The first-order chi connectivity index (χ1) is 13.2. The van der Waals surface area contributed by atoms with E-state index in [1.807, 2.05) is 0 Å². The van der Waals surface area contributed by atoms with Crippen molar-refractivity contribution in [2.75, 3.05) is 63.8 Å². The van der Waals surface area contributed by atoms with Crippen molar-refractivity contribution in [3.8, 4) is 0 Å². The summed E-state index contributed by atoms with van der Waals surface area (Å²) in [5.74, 6) is 1.80. The van der Waals surface area contributed by atoms with Crippen molar-refractivity contribution in [1.82, 2.24) is 20.1 Å². The minimum Gasteiger partial charge on any atom is -0.357 e. The van der Waals surface area contributed by atoms with Gasteiger partial charge in [-0.25, -0.2) is 4.98 Å². The molecule has 6 nitrogen and oxygen atoms in total. The Labute approximate surface area is 191 Å². The minimum atomic E-state index is 0. The second-order valence-electron chi connectivity index (χ2n) is 7.98. The fraction of sp³-hybridized carbons (Fsp3) is 0.800. The second-order valence-corrected chi connectivity index (χ2v) is 8.82. The van der Waals surface area contributed by atoms with Crippen molar-refractivity contribution < 1.29 is 0 Å². The molecule has 0 radical (unpaired) electrons. The molecule has 8 heteroatoms. The molecule has 1 aromatic heterocycles. The van der Waals surface area contributed by atoms with Crippen molar-refractivity contribution in [3.63, 3.8) is 0 Å². The molecule has 3 heterocycles. The fourth-order valence-corrected chi connectivity index (χ4v) is 4.74. The maximum absolute atomic E-state index is 4.89. The Bertz CT molecular complexity index is 591. The highest BCUT2D eigenvalue weighted by Gasteiger charge is 2.20. The number of hydrogen-bond acceptors (Lipinski definition) is 5. The molecule has 0 bridgehead atoms. The van der Waals surface area contributed by atoms with Crippen molar-refractivity contribution in [3.05, 3.63) is 11.1 Å². The molecule has 28 heavy (non-hydrogen) atoms. The largest absolute Gasteiger partial charge is 0.357 e. The number of guanidine groups is 1. The van der Waals surface area contributed by atoms with Crippen LogP contribution >= 0.6 is 35.3 Å². The molecule has 0 amide bonds. The number of hydrogen-bond donors (Lipinski definition) is 1. The molecule has 2 saturated heterocycles. The third-order valence-corrected chi connectivity index (χ3v) is 6.13. The average Bonchev–Trinajstić information content (AvgIpc) is 3.33. The molecule has 1 aromatic rings. The summed E-state index contributed by atoms with van der Waals surface area (Å²) in [6, 6.07) is 0. The van der Waals surface area contributed by atoms with E-state index in [1.165, 1.54) is 43.3 Å².